The summed E-state index contributed by atoms with van der Waals surface area (Å²) in [5, 5.41) is 2.46. The Kier molecular flexibility index (Phi) is 1.83. The molecule has 0 aromatic carbocycles. The Morgan fingerprint density at radius 3 is 2.92 bits per heavy atom. The van der Waals surface area contributed by atoms with Crippen molar-refractivity contribution in [3.8, 4) is 0 Å². The molecule has 0 aliphatic carbocycles. The molecule has 0 saturated carbocycles. The molecule has 1 aliphatic heterocycles. The summed E-state index contributed by atoms with van der Waals surface area (Å²) in [6, 6.07) is 2.17. The van der Waals surface area contributed by atoms with Gasteiger partial charge in [0, 0.05) is 25.0 Å². The van der Waals surface area contributed by atoms with Crippen LogP contribution < -0.4 is 5.32 Å². The molecule has 0 bridgehead atoms. The van der Waals surface area contributed by atoms with Gasteiger partial charge in [0.05, 0.1) is 0 Å². The SMILES string of the molecule is FC(F)(F)C1Cn2cccc2CN1. The van der Waals surface area contributed by atoms with E-state index in [1.165, 1.54) is 0 Å². The van der Waals surface area contributed by atoms with Gasteiger partial charge >= 0.3 is 6.18 Å². The van der Waals surface area contributed by atoms with E-state index in [1.807, 2.05) is 6.07 Å². The first-order chi connectivity index (χ1) is 6.07. The predicted octanol–water partition coefficient (Wildman–Crippen LogP) is 1.52. The number of hydrogen-bond donors (Lipinski definition) is 1. The fourth-order valence-electron chi connectivity index (χ4n) is 1.50. The molecule has 1 atom stereocenters. The van der Waals surface area contributed by atoms with Crippen molar-refractivity contribution < 1.29 is 13.2 Å². The molecule has 2 heterocycles. The van der Waals surface area contributed by atoms with Crippen LogP contribution >= 0.6 is 0 Å². The van der Waals surface area contributed by atoms with Crippen LogP contribution in [-0.2, 0) is 13.1 Å². The molecule has 0 spiro atoms. The van der Waals surface area contributed by atoms with Gasteiger partial charge in [-0.1, -0.05) is 0 Å². The fourth-order valence-corrected chi connectivity index (χ4v) is 1.50. The van der Waals surface area contributed by atoms with E-state index >= 15 is 0 Å². The standard InChI is InChI=1S/C8H9F3N2/c9-8(10,11)7-5-13-3-1-2-6(13)4-12-7/h1-3,7,12H,4-5H2. The zero-order valence-electron chi connectivity index (χ0n) is 6.80. The molecule has 2 rings (SSSR count). The summed E-state index contributed by atoms with van der Waals surface area (Å²) in [7, 11) is 0. The van der Waals surface area contributed by atoms with E-state index in [2.05, 4.69) is 5.32 Å². The van der Waals surface area contributed by atoms with E-state index in [0.717, 1.165) is 5.69 Å². The van der Waals surface area contributed by atoms with Gasteiger partial charge in [0.15, 0.2) is 0 Å². The second kappa shape index (κ2) is 2.77. The second-order valence-corrected chi connectivity index (χ2v) is 3.13. The van der Waals surface area contributed by atoms with Crippen LogP contribution in [0.25, 0.3) is 0 Å². The van der Waals surface area contributed by atoms with Crippen molar-refractivity contribution in [2.75, 3.05) is 0 Å². The van der Waals surface area contributed by atoms with Crippen molar-refractivity contribution in [3.63, 3.8) is 0 Å². The Labute approximate surface area is 73.4 Å². The highest BCUT2D eigenvalue weighted by Gasteiger charge is 2.41. The molecular weight excluding hydrogens is 181 g/mol. The molecule has 0 fully saturated rings. The quantitative estimate of drug-likeness (QED) is 0.656. The monoisotopic (exact) mass is 190 g/mol. The largest absolute Gasteiger partial charge is 0.405 e. The average Bonchev–Trinajstić information content (AvgIpc) is 2.47. The maximum Gasteiger partial charge on any atom is 0.405 e. The molecule has 1 aromatic heterocycles. The molecule has 13 heavy (non-hydrogen) atoms. The van der Waals surface area contributed by atoms with Gasteiger partial charge in [-0.3, -0.25) is 5.32 Å². The van der Waals surface area contributed by atoms with E-state index in [0.29, 0.717) is 0 Å². The van der Waals surface area contributed by atoms with Crippen molar-refractivity contribution >= 4 is 0 Å². The minimum absolute atomic E-state index is 0.0220. The molecule has 2 nitrogen and oxygen atoms in total. The van der Waals surface area contributed by atoms with Crippen LogP contribution in [-0.4, -0.2) is 16.8 Å². The molecule has 0 saturated heterocycles. The normalized spacial score (nSPS) is 22.8. The van der Waals surface area contributed by atoms with Crippen LogP contribution in [0.1, 0.15) is 5.69 Å². The summed E-state index contributed by atoms with van der Waals surface area (Å²) in [4.78, 5) is 0. The minimum atomic E-state index is -4.15. The van der Waals surface area contributed by atoms with Gasteiger partial charge in [-0.2, -0.15) is 13.2 Å². The molecule has 72 valence electrons. The first kappa shape index (κ1) is 8.62. The third-order valence-electron chi connectivity index (χ3n) is 2.23. The van der Waals surface area contributed by atoms with E-state index in [9.17, 15) is 13.2 Å². The third kappa shape index (κ3) is 1.56. The number of aromatic nitrogens is 1. The van der Waals surface area contributed by atoms with Crippen molar-refractivity contribution in [2.24, 2.45) is 0 Å². The van der Waals surface area contributed by atoms with Crippen LogP contribution in [0.15, 0.2) is 18.3 Å². The Bertz CT molecular complexity index is 303. The van der Waals surface area contributed by atoms with Gasteiger partial charge in [-0.25, -0.2) is 0 Å². The number of rotatable bonds is 0. The van der Waals surface area contributed by atoms with Crippen LogP contribution in [0.5, 0.6) is 0 Å². The topological polar surface area (TPSA) is 17.0 Å². The van der Waals surface area contributed by atoms with Crippen molar-refractivity contribution in [1.82, 2.24) is 9.88 Å². The van der Waals surface area contributed by atoms with Crippen LogP contribution in [0.2, 0.25) is 0 Å². The summed E-state index contributed by atoms with van der Waals surface area (Å²) in [6.45, 7) is 0.267. The van der Waals surface area contributed by atoms with Crippen molar-refractivity contribution in [3.05, 3.63) is 24.0 Å². The number of alkyl halides is 3. The molecule has 5 heteroatoms. The molecule has 0 radical (unpaired) electrons. The summed E-state index contributed by atoms with van der Waals surface area (Å²) < 4.78 is 38.4. The lowest BCUT2D eigenvalue weighted by Gasteiger charge is -2.27. The second-order valence-electron chi connectivity index (χ2n) is 3.13. The number of nitrogens with one attached hydrogen (secondary N) is 1. The molecule has 1 unspecified atom stereocenters. The van der Waals surface area contributed by atoms with Gasteiger partial charge in [-0.05, 0) is 12.1 Å². The lowest BCUT2D eigenvalue weighted by Crippen LogP contribution is -2.48. The zero-order valence-corrected chi connectivity index (χ0v) is 6.80. The van der Waals surface area contributed by atoms with E-state index in [4.69, 9.17) is 0 Å². The highest BCUT2D eigenvalue weighted by Crippen LogP contribution is 2.24. The first-order valence-corrected chi connectivity index (χ1v) is 4.01. The molecule has 1 aliphatic rings. The van der Waals surface area contributed by atoms with Gasteiger partial charge in [0.1, 0.15) is 6.04 Å². The molecule has 1 N–H and O–H groups in total. The maximum atomic E-state index is 12.3. The van der Waals surface area contributed by atoms with Gasteiger partial charge in [-0.15, -0.1) is 0 Å². The smallest absolute Gasteiger partial charge is 0.348 e. The van der Waals surface area contributed by atoms with Gasteiger partial charge in [0.2, 0.25) is 0 Å². The average molecular weight is 190 g/mol. The van der Waals surface area contributed by atoms with Crippen molar-refractivity contribution in [2.45, 2.75) is 25.3 Å². The van der Waals surface area contributed by atoms with Crippen molar-refractivity contribution in [1.29, 1.82) is 0 Å². The Morgan fingerprint density at radius 1 is 1.46 bits per heavy atom. The van der Waals surface area contributed by atoms with Crippen LogP contribution in [0.4, 0.5) is 13.2 Å². The van der Waals surface area contributed by atoms with E-state index < -0.39 is 12.2 Å². The van der Waals surface area contributed by atoms with Crippen LogP contribution in [0.3, 0.4) is 0 Å². The number of hydrogen-bond acceptors (Lipinski definition) is 1. The Morgan fingerprint density at radius 2 is 2.23 bits per heavy atom. The highest BCUT2D eigenvalue weighted by molar-refractivity contribution is 5.10. The molecule has 1 aromatic rings. The maximum absolute atomic E-state index is 12.3. The van der Waals surface area contributed by atoms with Crippen LogP contribution in [0, 0.1) is 0 Å². The number of nitrogens with zero attached hydrogens (tertiary/aromatic N) is 1. The molecular formula is C8H9F3N2. The highest BCUT2D eigenvalue weighted by atomic mass is 19.4. The fraction of sp³-hybridized carbons (Fsp3) is 0.500. The van der Waals surface area contributed by atoms with E-state index in [-0.39, 0.29) is 13.1 Å². The number of halogens is 3. The first-order valence-electron chi connectivity index (χ1n) is 4.01. The summed E-state index contributed by atoms with van der Waals surface area (Å²) in [5.41, 5.74) is 0.903. The van der Waals surface area contributed by atoms with Gasteiger partial charge < -0.3 is 4.57 Å². The lowest BCUT2D eigenvalue weighted by atomic mass is 10.2. The summed E-state index contributed by atoms with van der Waals surface area (Å²) >= 11 is 0. The predicted molar refractivity (Wildman–Crippen MR) is 41.1 cm³/mol. The Balaban J connectivity index is 2.18. The lowest BCUT2D eigenvalue weighted by molar-refractivity contribution is -0.161. The third-order valence-corrected chi connectivity index (χ3v) is 2.23. The summed E-state index contributed by atoms with van der Waals surface area (Å²) in [5.74, 6) is 0. The van der Waals surface area contributed by atoms with Gasteiger partial charge in [0.25, 0.3) is 0 Å². The Hall–Kier alpha value is -0.970. The number of fused-ring (bicyclic) bond motifs is 1. The molecule has 0 amide bonds. The van der Waals surface area contributed by atoms with E-state index in [1.54, 1.807) is 16.8 Å². The summed E-state index contributed by atoms with van der Waals surface area (Å²) in [6.07, 6.45) is -2.48. The minimum Gasteiger partial charge on any atom is -0.348 e. The zero-order chi connectivity index (χ0) is 9.47.